The molecule has 3 rings (SSSR count). The van der Waals surface area contributed by atoms with Crippen molar-refractivity contribution in [1.82, 2.24) is 0 Å². The molecule has 2 atom stereocenters. The molecular weight excluding hydrogens is 268 g/mol. The van der Waals surface area contributed by atoms with E-state index in [2.05, 4.69) is 12.1 Å². The van der Waals surface area contributed by atoms with Crippen molar-refractivity contribution < 1.29 is 19.1 Å². The third-order valence-corrected chi connectivity index (χ3v) is 5.25. The van der Waals surface area contributed by atoms with Gasteiger partial charge in [-0.1, -0.05) is 24.3 Å². The number of carbonyl (C=O) groups is 2. The first-order valence-corrected chi connectivity index (χ1v) is 7.37. The molecule has 1 aromatic carbocycles. The molecule has 0 N–H and O–H groups in total. The number of fused-ring (bicyclic) bond motifs is 2. The van der Waals surface area contributed by atoms with Crippen LogP contribution in [0.2, 0.25) is 0 Å². The van der Waals surface area contributed by atoms with E-state index < -0.39 is 17.4 Å². The van der Waals surface area contributed by atoms with E-state index in [1.807, 2.05) is 12.1 Å². The van der Waals surface area contributed by atoms with E-state index in [0.717, 1.165) is 19.3 Å². The second-order valence-electron chi connectivity index (χ2n) is 6.04. The van der Waals surface area contributed by atoms with Gasteiger partial charge in [-0.2, -0.15) is 0 Å². The summed E-state index contributed by atoms with van der Waals surface area (Å²) in [6.45, 7) is 0. The van der Waals surface area contributed by atoms with Crippen LogP contribution in [0.5, 0.6) is 0 Å². The minimum absolute atomic E-state index is 0.0210. The molecule has 0 heterocycles. The molecular formula is C17H20O4. The Kier molecular flexibility index (Phi) is 3.47. The van der Waals surface area contributed by atoms with E-state index in [1.54, 1.807) is 0 Å². The average molecular weight is 288 g/mol. The maximum absolute atomic E-state index is 12.4. The Morgan fingerprint density at radius 1 is 1.05 bits per heavy atom. The summed E-state index contributed by atoms with van der Waals surface area (Å²) in [4.78, 5) is 24.8. The highest BCUT2D eigenvalue weighted by Gasteiger charge is 2.61. The Morgan fingerprint density at radius 3 is 2.19 bits per heavy atom. The van der Waals surface area contributed by atoms with Crippen LogP contribution in [0.4, 0.5) is 0 Å². The molecule has 1 aromatic rings. The van der Waals surface area contributed by atoms with Gasteiger partial charge in [0.15, 0.2) is 5.41 Å². The molecule has 1 saturated carbocycles. The Balaban J connectivity index is 2.02. The molecule has 2 aliphatic rings. The fourth-order valence-corrected chi connectivity index (χ4v) is 4.22. The summed E-state index contributed by atoms with van der Waals surface area (Å²) in [5.41, 5.74) is 1.45. The Bertz CT molecular complexity index is 562. The van der Waals surface area contributed by atoms with Crippen LogP contribution in [-0.2, 0) is 31.9 Å². The molecule has 2 aliphatic carbocycles. The van der Waals surface area contributed by atoms with Crippen LogP contribution in [-0.4, -0.2) is 26.2 Å². The SMILES string of the molecule is COC(=O)C1(C(=O)OC)CC[C@@H]2Cc3ccccc3C[C@H]21. The van der Waals surface area contributed by atoms with Crippen LogP contribution >= 0.6 is 0 Å². The first-order valence-electron chi connectivity index (χ1n) is 7.37. The van der Waals surface area contributed by atoms with Crippen molar-refractivity contribution in [3.8, 4) is 0 Å². The number of esters is 2. The molecule has 0 amide bonds. The highest BCUT2D eigenvalue weighted by molar-refractivity contribution is 6.01. The van der Waals surface area contributed by atoms with Gasteiger partial charge in [-0.15, -0.1) is 0 Å². The topological polar surface area (TPSA) is 52.6 Å². The normalized spacial score (nSPS) is 25.6. The number of rotatable bonds is 2. The highest BCUT2D eigenvalue weighted by atomic mass is 16.5. The van der Waals surface area contributed by atoms with Crippen molar-refractivity contribution in [3.05, 3.63) is 35.4 Å². The largest absolute Gasteiger partial charge is 0.468 e. The number of hydrogen-bond donors (Lipinski definition) is 0. The first-order chi connectivity index (χ1) is 10.1. The molecule has 0 saturated heterocycles. The fourth-order valence-electron chi connectivity index (χ4n) is 4.22. The lowest BCUT2D eigenvalue weighted by atomic mass is 9.67. The van der Waals surface area contributed by atoms with Crippen molar-refractivity contribution in [3.63, 3.8) is 0 Å². The predicted molar refractivity (Wildman–Crippen MR) is 76.5 cm³/mol. The molecule has 4 nitrogen and oxygen atoms in total. The van der Waals surface area contributed by atoms with Crippen LogP contribution in [0.1, 0.15) is 24.0 Å². The summed E-state index contributed by atoms with van der Waals surface area (Å²) in [6, 6.07) is 8.28. The second kappa shape index (κ2) is 5.17. The van der Waals surface area contributed by atoms with Crippen LogP contribution < -0.4 is 0 Å². The second-order valence-corrected chi connectivity index (χ2v) is 6.04. The first kappa shape index (κ1) is 14.1. The fraction of sp³-hybridized carbons (Fsp3) is 0.529. The van der Waals surface area contributed by atoms with Crippen molar-refractivity contribution in [2.45, 2.75) is 25.7 Å². The summed E-state index contributed by atoms with van der Waals surface area (Å²) in [5.74, 6) is -0.562. The van der Waals surface area contributed by atoms with E-state index in [-0.39, 0.29) is 5.92 Å². The molecule has 0 unspecified atom stereocenters. The van der Waals surface area contributed by atoms with Gasteiger partial charge in [-0.25, -0.2) is 0 Å². The van der Waals surface area contributed by atoms with Gasteiger partial charge < -0.3 is 9.47 Å². The zero-order chi connectivity index (χ0) is 15.0. The van der Waals surface area contributed by atoms with Crippen molar-refractivity contribution >= 4 is 11.9 Å². The van der Waals surface area contributed by atoms with Gasteiger partial charge in [0.05, 0.1) is 14.2 Å². The standard InChI is InChI=1S/C17H20O4/c1-20-15(18)17(16(19)21-2)8-7-13-9-11-5-3-4-6-12(11)10-14(13)17/h3-6,13-14H,7-10H2,1-2H3/t13-,14-/m1/s1. The summed E-state index contributed by atoms with van der Waals surface area (Å²) >= 11 is 0. The van der Waals surface area contributed by atoms with Gasteiger partial charge >= 0.3 is 11.9 Å². The summed E-state index contributed by atoms with van der Waals surface area (Å²) in [6.07, 6.45) is 3.06. The van der Waals surface area contributed by atoms with E-state index in [0.29, 0.717) is 12.3 Å². The lowest BCUT2D eigenvalue weighted by Gasteiger charge is -2.36. The van der Waals surface area contributed by atoms with E-state index in [4.69, 9.17) is 9.47 Å². The zero-order valence-electron chi connectivity index (χ0n) is 12.4. The molecule has 112 valence electrons. The third-order valence-electron chi connectivity index (χ3n) is 5.25. The van der Waals surface area contributed by atoms with Gasteiger partial charge in [-0.05, 0) is 48.6 Å². The van der Waals surface area contributed by atoms with Crippen LogP contribution in [0.15, 0.2) is 24.3 Å². The number of ether oxygens (including phenoxy) is 2. The number of benzene rings is 1. The maximum atomic E-state index is 12.4. The maximum Gasteiger partial charge on any atom is 0.323 e. The molecule has 0 bridgehead atoms. The minimum Gasteiger partial charge on any atom is -0.468 e. The summed E-state index contributed by atoms with van der Waals surface area (Å²) in [5, 5.41) is 0. The minimum atomic E-state index is -1.12. The molecule has 21 heavy (non-hydrogen) atoms. The monoisotopic (exact) mass is 288 g/mol. The van der Waals surface area contributed by atoms with Gasteiger partial charge in [0.1, 0.15) is 0 Å². The van der Waals surface area contributed by atoms with Crippen LogP contribution in [0.25, 0.3) is 0 Å². The lowest BCUT2D eigenvalue weighted by Crippen LogP contribution is -2.47. The molecule has 0 radical (unpaired) electrons. The highest BCUT2D eigenvalue weighted by Crippen LogP contribution is 2.53. The molecule has 0 aromatic heterocycles. The predicted octanol–water partition coefficient (Wildman–Crippen LogP) is 2.14. The van der Waals surface area contributed by atoms with Crippen LogP contribution in [0.3, 0.4) is 0 Å². The average Bonchev–Trinajstić information content (AvgIpc) is 2.90. The Labute approximate surface area is 124 Å². The zero-order valence-corrected chi connectivity index (χ0v) is 12.4. The number of hydrogen-bond acceptors (Lipinski definition) is 4. The third kappa shape index (κ3) is 1.96. The number of methoxy groups -OCH3 is 2. The van der Waals surface area contributed by atoms with Crippen molar-refractivity contribution in [2.75, 3.05) is 14.2 Å². The molecule has 4 heteroatoms. The van der Waals surface area contributed by atoms with Gasteiger partial charge in [0.25, 0.3) is 0 Å². The summed E-state index contributed by atoms with van der Waals surface area (Å²) in [7, 11) is 2.69. The van der Waals surface area contributed by atoms with Gasteiger partial charge in [-0.3, -0.25) is 9.59 Å². The van der Waals surface area contributed by atoms with Crippen LogP contribution in [0, 0.1) is 17.3 Å². The number of carbonyl (C=O) groups excluding carboxylic acids is 2. The smallest absolute Gasteiger partial charge is 0.323 e. The van der Waals surface area contributed by atoms with Gasteiger partial charge in [0, 0.05) is 0 Å². The van der Waals surface area contributed by atoms with Gasteiger partial charge in [0.2, 0.25) is 0 Å². The van der Waals surface area contributed by atoms with E-state index in [1.165, 1.54) is 25.3 Å². The Morgan fingerprint density at radius 2 is 1.62 bits per heavy atom. The lowest BCUT2D eigenvalue weighted by molar-refractivity contribution is -0.173. The Hall–Kier alpha value is -1.84. The van der Waals surface area contributed by atoms with E-state index in [9.17, 15) is 9.59 Å². The molecule has 1 fully saturated rings. The van der Waals surface area contributed by atoms with E-state index >= 15 is 0 Å². The quantitative estimate of drug-likeness (QED) is 0.618. The molecule has 0 aliphatic heterocycles. The van der Waals surface area contributed by atoms with Crippen molar-refractivity contribution in [2.24, 2.45) is 17.3 Å². The van der Waals surface area contributed by atoms with Crippen molar-refractivity contribution in [1.29, 1.82) is 0 Å². The summed E-state index contributed by atoms with van der Waals surface area (Å²) < 4.78 is 9.92. The molecule has 0 spiro atoms.